The van der Waals surface area contributed by atoms with Gasteiger partial charge in [-0.3, -0.25) is 14.6 Å². The van der Waals surface area contributed by atoms with E-state index in [0.29, 0.717) is 12.8 Å². The fourth-order valence-electron chi connectivity index (χ4n) is 4.16. The molecule has 2 fully saturated rings. The summed E-state index contributed by atoms with van der Waals surface area (Å²) in [5, 5.41) is 3.23. The minimum absolute atomic E-state index is 0.0386. The van der Waals surface area contributed by atoms with Gasteiger partial charge >= 0.3 is 0 Å². The van der Waals surface area contributed by atoms with Crippen LogP contribution < -0.4 is 14.8 Å². The fourth-order valence-corrected chi connectivity index (χ4v) is 4.16. The summed E-state index contributed by atoms with van der Waals surface area (Å²) in [6, 6.07) is 6.54. The van der Waals surface area contributed by atoms with E-state index in [0.717, 1.165) is 57.1 Å². The number of nitrogens with one attached hydrogen (secondary N) is 1. The van der Waals surface area contributed by atoms with Gasteiger partial charge in [-0.2, -0.15) is 0 Å². The first-order valence-electron chi connectivity index (χ1n) is 9.84. The topological polar surface area (TPSA) is 54.0 Å². The van der Waals surface area contributed by atoms with Gasteiger partial charge in [0.05, 0.1) is 6.04 Å². The minimum Gasteiger partial charge on any atom is -0.454 e. The molecule has 1 saturated heterocycles. The van der Waals surface area contributed by atoms with Gasteiger partial charge in [-0.05, 0) is 37.5 Å². The molecule has 0 bridgehead atoms. The van der Waals surface area contributed by atoms with Crippen LogP contribution >= 0.6 is 0 Å². The minimum atomic E-state index is -0.0386. The number of fused-ring (bicyclic) bond motifs is 1. The third kappa shape index (κ3) is 3.96. The molecule has 0 radical (unpaired) electrons. The molecule has 2 aliphatic heterocycles. The number of rotatable bonds is 5. The quantitative estimate of drug-likeness (QED) is 0.871. The molecule has 0 unspecified atom stereocenters. The largest absolute Gasteiger partial charge is 0.454 e. The number of hydrogen-bond acceptors (Lipinski definition) is 5. The van der Waals surface area contributed by atoms with Gasteiger partial charge in [0.25, 0.3) is 0 Å². The average Bonchev–Trinajstić information content (AvgIpc) is 3.33. The summed E-state index contributed by atoms with van der Waals surface area (Å²) >= 11 is 0. The highest BCUT2D eigenvalue weighted by Crippen LogP contribution is 2.32. The molecule has 26 heavy (non-hydrogen) atoms. The summed E-state index contributed by atoms with van der Waals surface area (Å²) in [7, 11) is 0. The van der Waals surface area contributed by atoms with Crippen molar-refractivity contribution in [1.82, 2.24) is 15.1 Å². The molecular formula is C20H29N3O3. The maximum atomic E-state index is 12.5. The smallest absolute Gasteiger partial charge is 0.237 e. The number of benzene rings is 1. The highest BCUT2D eigenvalue weighted by Gasteiger charge is 2.27. The summed E-state index contributed by atoms with van der Waals surface area (Å²) < 4.78 is 10.8. The molecule has 1 amide bonds. The SMILES string of the molecule is C[C@H](C(=O)NC1CCCC1)N1CCN(Cc2ccc3c(c2)OCO3)CC1. The Morgan fingerprint density at radius 2 is 1.88 bits per heavy atom. The van der Waals surface area contributed by atoms with Crippen molar-refractivity contribution >= 4 is 5.91 Å². The van der Waals surface area contributed by atoms with Crippen LogP contribution in [0.4, 0.5) is 0 Å². The predicted octanol–water partition coefficient (Wildman–Crippen LogP) is 1.98. The van der Waals surface area contributed by atoms with Crippen molar-refractivity contribution in [2.45, 2.75) is 51.2 Å². The lowest BCUT2D eigenvalue weighted by Crippen LogP contribution is -2.54. The van der Waals surface area contributed by atoms with Gasteiger partial charge in [-0.25, -0.2) is 0 Å². The Balaban J connectivity index is 1.25. The van der Waals surface area contributed by atoms with Crippen LogP contribution in [0.1, 0.15) is 38.2 Å². The monoisotopic (exact) mass is 359 g/mol. The van der Waals surface area contributed by atoms with Crippen LogP contribution in [0.5, 0.6) is 11.5 Å². The standard InChI is InChI=1S/C20H29N3O3/c1-15(20(24)21-17-4-2-3-5-17)23-10-8-22(9-11-23)13-16-6-7-18-19(12-16)26-14-25-18/h6-7,12,15,17H,2-5,8-11,13-14H2,1H3,(H,21,24)/t15-/m1/s1. The zero-order valence-corrected chi connectivity index (χ0v) is 15.6. The molecule has 2 heterocycles. The normalized spacial score (nSPS) is 22.5. The molecule has 1 N–H and O–H groups in total. The van der Waals surface area contributed by atoms with Crippen molar-refractivity contribution in [1.29, 1.82) is 0 Å². The molecule has 1 aliphatic carbocycles. The third-order valence-electron chi connectivity index (χ3n) is 5.88. The molecule has 1 aromatic rings. The van der Waals surface area contributed by atoms with Crippen LogP contribution in [0.25, 0.3) is 0 Å². The lowest BCUT2D eigenvalue weighted by Gasteiger charge is -2.37. The van der Waals surface area contributed by atoms with Crippen molar-refractivity contribution in [2.24, 2.45) is 0 Å². The third-order valence-corrected chi connectivity index (χ3v) is 5.88. The second kappa shape index (κ2) is 7.84. The molecule has 4 rings (SSSR count). The number of piperazine rings is 1. The first-order valence-corrected chi connectivity index (χ1v) is 9.84. The Labute approximate surface area is 155 Å². The number of carbonyl (C=O) groups is 1. The highest BCUT2D eigenvalue weighted by molar-refractivity contribution is 5.81. The molecule has 1 atom stereocenters. The Morgan fingerprint density at radius 1 is 1.15 bits per heavy atom. The van der Waals surface area contributed by atoms with E-state index in [2.05, 4.69) is 27.2 Å². The van der Waals surface area contributed by atoms with Crippen LogP contribution in [0, 0.1) is 0 Å². The molecule has 0 spiro atoms. The molecule has 0 aromatic heterocycles. The lowest BCUT2D eigenvalue weighted by molar-refractivity contribution is -0.127. The second-order valence-electron chi connectivity index (χ2n) is 7.67. The summed E-state index contributed by atoms with van der Waals surface area (Å²) in [5.41, 5.74) is 1.25. The van der Waals surface area contributed by atoms with E-state index in [-0.39, 0.29) is 11.9 Å². The first kappa shape index (κ1) is 17.6. The number of carbonyl (C=O) groups excluding carboxylic acids is 1. The van der Waals surface area contributed by atoms with Crippen LogP contribution in [0.15, 0.2) is 18.2 Å². The van der Waals surface area contributed by atoms with E-state index in [4.69, 9.17) is 9.47 Å². The van der Waals surface area contributed by atoms with E-state index in [1.54, 1.807) is 0 Å². The van der Waals surface area contributed by atoms with Crippen LogP contribution in [0.2, 0.25) is 0 Å². The summed E-state index contributed by atoms with van der Waals surface area (Å²) in [6.07, 6.45) is 4.78. The van der Waals surface area contributed by atoms with E-state index < -0.39 is 0 Å². The highest BCUT2D eigenvalue weighted by atomic mass is 16.7. The van der Waals surface area contributed by atoms with E-state index >= 15 is 0 Å². The van der Waals surface area contributed by atoms with Crippen LogP contribution in [-0.2, 0) is 11.3 Å². The van der Waals surface area contributed by atoms with Crippen molar-refractivity contribution in [2.75, 3.05) is 33.0 Å². The van der Waals surface area contributed by atoms with Crippen molar-refractivity contribution < 1.29 is 14.3 Å². The maximum Gasteiger partial charge on any atom is 0.237 e. The van der Waals surface area contributed by atoms with Crippen molar-refractivity contribution in [3.63, 3.8) is 0 Å². The number of nitrogens with zero attached hydrogens (tertiary/aromatic N) is 2. The number of ether oxygens (including phenoxy) is 2. The molecule has 1 saturated carbocycles. The second-order valence-corrected chi connectivity index (χ2v) is 7.67. The fraction of sp³-hybridized carbons (Fsp3) is 0.650. The Hall–Kier alpha value is -1.79. The Kier molecular flexibility index (Phi) is 5.31. The molecule has 6 nitrogen and oxygen atoms in total. The van der Waals surface area contributed by atoms with E-state index in [9.17, 15) is 4.79 Å². The predicted molar refractivity (Wildman–Crippen MR) is 99.3 cm³/mol. The average molecular weight is 359 g/mol. The van der Waals surface area contributed by atoms with Gasteiger partial charge in [-0.1, -0.05) is 18.9 Å². The maximum absolute atomic E-state index is 12.5. The van der Waals surface area contributed by atoms with E-state index in [1.165, 1.54) is 18.4 Å². The molecule has 3 aliphatic rings. The lowest BCUT2D eigenvalue weighted by atomic mass is 10.1. The van der Waals surface area contributed by atoms with Gasteiger partial charge in [0, 0.05) is 38.8 Å². The zero-order chi connectivity index (χ0) is 17.9. The molecular weight excluding hydrogens is 330 g/mol. The van der Waals surface area contributed by atoms with Gasteiger partial charge in [0.2, 0.25) is 12.7 Å². The molecule has 6 heteroatoms. The van der Waals surface area contributed by atoms with Crippen LogP contribution in [-0.4, -0.2) is 60.8 Å². The summed E-state index contributed by atoms with van der Waals surface area (Å²) in [6.45, 7) is 7.10. The molecule has 1 aromatic carbocycles. The van der Waals surface area contributed by atoms with Gasteiger partial charge in [-0.15, -0.1) is 0 Å². The zero-order valence-electron chi connectivity index (χ0n) is 15.6. The number of hydrogen-bond donors (Lipinski definition) is 1. The van der Waals surface area contributed by atoms with Crippen molar-refractivity contribution in [3.8, 4) is 11.5 Å². The van der Waals surface area contributed by atoms with Gasteiger partial charge in [0.1, 0.15) is 0 Å². The molecule has 142 valence electrons. The Bertz CT molecular complexity index is 637. The van der Waals surface area contributed by atoms with Crippen molar-refractivity contribution in [3.05, 3.63) is 23.8 Å². The summed E-state index contributed by atoms with van der Waals surface area (Å²) in [5.74, 6) is 1.88. The van der Waals surface area contributed by atoms with E-state index in [1.807, 2.05) is 13.0 Å². The number of amides is 1. The summed E-state index contributed by atoms with van der Waals surface area (Å²) in [4.78, 5) is 17.2. The van der Waals surface area contributed by atoms with Gasteiger partial charge in [0.15, 0.2) is 11.5 Å². The first-order chi connectivity index (χ1) is 12.7. The van der Waals surface area contributed by atoms with Gasteiger partial charge < -0.3 is 14.8 Å². The van der Waals surface area contributed by atoms with Crippen LogP contribution in [0.3, 0.4) is 0 Å². The Morgan fingerprint density at radius 3 is 2.65 bits per heavy atom.